The minimum absolute atomic E-state index is 0.00961. The fourth-order valence-corrected chi connectivity index (χ4v) is 2.47. The van der Waals surface area contributed by atoms with Crippen molar-refractivity contribution in [1.29, 1.82) is 0 Å². The average Bonchev–Trinajstić information content (AvgIpc) is 3.11. The van der Waals surface area contributed by atoms with Crippen LogP contribution < -0.4 is 5.32 Å². The van der Waals surface area contributed by atoms with Gasteiger partial charge in [-0.05, 0) is 19.1 Å². The molecule has 0 saturated carbocycles. The van der Waals surface area contributed by atoms with Gasteiger partial charge in [-0.2, -0.15) is 0 Å². The monoisotopic (exact) mass is 325 g/mol. The van der Waals surface area contributed by atoms with Gasteiger partial charge < -0.3 is 14.3 Å². The van der Waals surface area contributed by atoms with E-state index in [1.165, 1.54) is 0 Å². The molecule has 6 nitrogen and oxygen atoms in total. The zero-order valence-electron chi connectivity index (χ0n) is 14.8. The van der Waals surface area contributed by atoms with E-state index in [4.69, 9.17) is 4.42 Å². The summed E-state index contributed by atoms with van der Waals surface area (Å²) in [4.78, 5) is 4.29. The third kappa shape index (κ3) is 3.32. The van der Waals surface area contributed by atoms with E-state index < -0.39 is 0 Å². The molecule has 6 heteroatoms. The van der Waals surface area contributed by atoms with Gasteiger partial charge in [0.1, 0.15) is 17.8 Å². The summed E-state index contributed by atoms with van der Waals surface area (Å²) in [5.41, 5.74) is 3.03. The number of nitrogens with one attached hydrogen (secondary N) is 1. The van der Waals surface area contributed by atoms with Crippen LogP contribution in [0.1, 0.15) is 37.9 Å². The fourth-order valence-electron chi connectivity index (χ4n) is 2.47. The Bertz CT molecular complexity index is 841. The number of anilines is 1. The molecular weight excluding hydrogens is 302 g/mol. The molecule has 0 bridgehead atoms. The number of nitrogens with zero attached hydrogens (tertiary/aromatic N) is 4. The van der Waals surface area contributed by atoms with Crippen molar-refractivity contribution >= 4 is 5.69 Å². The van der Waals surface area contributed by atoms with Crippen LogP contribution in [0.4, 0.5) is 5.69 Å². The highest BCUT2D eigenvalue weighted by Gasteiger charge is 2.20. The Balaban J connectivity index is 1.76. The number of hydrogen-bond donors (Lipinski definition) is 1. The first kappa shape index (κ1) is 16.2. The van der Waals surface area contributed by atoms with Crippen LogP contribution in [-0.2, 0) is 19.0 Å². The highest BCUT2D eigenvalue weighted by atomic mass is 16.3. The molecule has 24 heavy (non-hydrogen) atoms. The number of hydrogen-bond acceptors (Lipinski definition) is 5. The molecule has 0 atom stereocenters. The fraction of sp³-hybridized carbons (Fsp3) is 0.389. The lowest BCUT2D eigenvalue weighted by Gasteiger charge is -2.13. The molecule has 0 aliphatic heterocycles. The smallest absolute Gasteiger partial charge is 0.165 e. The SMILES string of the molecule is Cc1oc(C(C)(C)C)cc1CNc1cncc(-c2nncn2C)c1. The zero-order chi connectivity index (χ0) is 17.3. The lowest BCUT2D eigenvalue weighted by molar-refractivity contribution is 0.395. The molecule has 3 heterocycles. The van der Waals surface area contributed by atoms with Crippen molar-refractivity contribution < 1.29 is 4.42 Å². The largest absolute Gasteiger partial charge is 0.465 e. The maximum absolute atomic E-state index is 5.89. The number of aryl methyl sites for hydroxylation is 2. The predicted molar refractivity (Wildman–Crippen MR) is 93.7 cm³/mol. The summed E-state index contributed by atoms with van der Waals surface area (Å²) in [5, 5.41) is 11.4. The average molecular weight is 325 g/mol. The Morgan fingerprint density at radius 2 is 2.00 bits per heavy atom. The van der Waals surface area contributed by atoms with Crippen molar-refractivity contribution in [1.82, 2.24) is 19.7 Å². The molecule has 0 amide bonds. The summed E-state index contributed by atoms with van der Waals surface area (Å²) in [5.74, 6) is 2.74. The second-order valence-corrected chi connectivity index (χ2v) is 7.02. The van der Waals surface area contributed by atoms with Gasteiger partial charge in [-0.3, -0.25) is 4.98 Å². The van der Waals surface area contributed by atoms with Gasteiger partial charge in [0.2, 0.25) is 0 Å². The third-order valence-electron chi connectivity index (χ3n) is 3.95. The number of aromatic nitrogens is 4. The molecule has 0 aliphatic carbocycles. The van der Waals surface area contributed by atoms with Crippen LogP contribution >= 0.6 is 0 Å². The molecule has 126 valence electrons. The molecule has 0 fully saturated rings. The summed E-state index contributed by atoms with van der Waals surface area (Å²) in [6, 6.07) is 4.15. The standard InChI is InChI=1S/C18H23N5O/c1-12-13(7-16(24-12)18(2,3)4)9-20-15-6-14(8-19-10-15)17-22-21-11-23(17)5/h6-8,10-11,20H,9H2,1-5H3. The van der Waals surface area contributed by atoms with E-state index >= 15 is 0 Å². The molecule has 1 N–H and O–H groups in total. The Morgan fingerprint density at radius 1 is 1.21 bits per heavy atom. The minimum Gasteiger partial charge on any atom is -0.465 e. The molecule has 0 spiro atoms. The number of pyridine rings is 1. The molecule has 0 aromatic carbocycles. The molecule has 0 saturated heterocycles. The van der Waals surface area contributed by atoms with Crippen LogP contribution in [0, 0.1) is 6.92 Å². The van der Waals surface area contributed by atoms with Gasteiger partial charge in [0, 0.05) is 42.5 Å². The summed E-state index contributed by atoms with van der Waals surface area (Å²) < 4.78 is 7.76. The van der Waals surface area contributed by atoms with Crippen LogP contribution in [0.3, 0.4) is 0 Å². The van der Waals surface area contributed by atoms with Gasteiger partial charge in [0.05, 0.1) is 5.69 Å². The van der Waals surface area contributed by atoms with Crippen LogP contribution in [0.15, 0.2) is 35.3 Å². The van der Waals surface area contributed by atoms with Crippen molar-refractivity contribution in [3.8, 4) is 11.4 Å². The van der Waals surface area contributed by atoms with Crippen LogP contribution in [0.5, 0.6) is 0 Å². The van der Waals surface area contributed by atoms with Crippen molar-refractivity contribution in [3.63, 3.8) is 0 Å². The Kier molecular flexibility index (Phi) is 4.13. The molecule has 0 unspecified atom stereocenters. The first-order valence-electron chi connectivity index (χ1n) is 7.97. The normalized spacial score (nSPS) is 11.7. The molecular formula is C18H23N5O. The summed E-state index contributed by atoms with van der Waals surface area (Å²) in [7, 11) is 1.91. The highest BCUT2D eigenvalue weighted by molar-refractivity contribution is 5.60. The molecule has 3 aromatic rings. The van der Waals surface area contributed by atoms with Gasteiger partial charge in [-0.25, -0.2) is 0 Å². The first-order valence-corrected chi connectivity index (χ1v) is 7.97. The maximum Gasteiger partial charge on any atom is 0.165 e. The van der Waals surface area contributed by atoms with Gasteiger partial charge in [0.15, 0.2) is 5.82 Å². The maximum atomic E-state index is 5.89. The summed E-state index contributed by atoms with van der Waals surface area (Å²) >= 11 is 0. The lowest BCUT2D eigenvalue weighted by Crippen LogP contribution is -2.09. The quantitative estimate of drug-likeness (QED) is 0.792. The van der Waals surface area contributed by atoms with Gasteiger partial charge in [-0.15, -0.1) is 10.2 Å². The van der Waals surface area contributed by atoms with Crippen LogP contribution in [0.25, 0.3) is 11.4 Å². The van der Waals surface area contributed by atoms with E-state index in [-0.39, 0.29) is 5.41 Å². The third-order valence-corrected chi connectivity index (χ3v) is 3.95. The molecule has 0 radical (unpaired) electrons. The number of furan rings is 1. The topological polar surface area (TPSA) is 68.8 Å². The van der Waals surface area contributed by atoms with E-state index in [9.17, 15) is 0 Å². The van der Waals surface area contributed by atoms with E-state index in [1.54, 1.807) is 18.7 Å². The molecule has 3 rings (SSSR count). The second-order valence-electron chi connectivity index (χ2n) is 7.02. The van der Waals surface area contributed by atoms with E-state index in [0.29, 0.717) is 6.54 Å². The van der Waals surface area contributed by atoms with Crippen LogP contribution in [-0.4, -0.2) is 19.7 Å². The highest BCUT2D eigenvalue weighted by Crippen LogP contribution is 2.27. The Hall–Kier alpha value is -2.63. The Morgan fingerprint density at radius 3 is 2.62 bits per heavy atom. The second kappa shape index (κ2) is 6.11. The number of rotatable bonds is 4. The van der Waals surface area contributed by atoms with Crippen molar-refractivity contribution in [2.75, 3.05) is 5.32 Å². The van der Waals surface area contributed by atoms with Crippen molar-refractivity contribution in [2.45, 2.75) is 39.7 Å². The van der Waals surface area contributed by atoms with E-state index in [0.717, 1.165) is 34.2 Å². The lowest BCUT2D eigenvalue weighted by atomic mass is 9.93. The predicted octanol–water partition coefficient (Wildman–Crippen LogP) is 3.69. The molecule has 3 aromatic heterocycles. The molecule has 0 aliphatic rings. The van der Waals surface area contributed by atoms with Gasteiger partial charge >= 0.3 is 0 Å². The van der Waals surface area contributed by atoms with Crippen molar-refractivity contribution in [3.05, 3.63) is 47.9 Å². The van der Waals surface area contributed by atoms with E-state index in [1.807, 2.05) is 24.6 Å². The van der Waals surface area contributed by atoms with Gasteiger partial charge in [0.25, 0.3) is 0 Å². The Labute approximate surface area is 141 Å². The van der Waals surface area contributed by atoms with E-state index in [2.05, 4.69) is 47.3 Å². The summed E-state index contributed by atoms with van der Waals surface area (Å²) in [6.45, 7) is 9.14. The summed E-state index contributed by atoms with van der Waals surface area (Å²) in [6.07, 6.45) is 5.27. The van der Waals surface area contributed by atoms with Gasteiger partial charge in [-0.1, -0.05) is 20.8 Å². The van der Waals surface area contributed by atoms with Crippen LogP contribution in [0.2, 0.25) is 0 Å². The zero-order valence-corrected chi connectivity index (χ0v) is 14.8. The minimum atomic E-state index is 0.00961. The first-order chi connectivity index (χ1) is 11.3. The van der Waals surface area contributed by atoms with Crippen molar-refractivity contribution in [2.24, 2.45) is 7.05 Å².